The smallest absolute Gasteiger partial charge is 0.155 e. The molecular weight excluding hydrogens is 1240 g/mol. The first kappa shape index (κ1) is 88.8. The predicted octanol–water partition coefficient (Wildman–Crippen LogP) is 22.9. The van der Waals surface area contributed by atoms with Crippen LogP contribution in [0.15, 0.2) is 134 Å². The molecule has 0 bridgehead atoms. The van der Waals surface area contributed by atoms with Gasteiger partial charge >= 0.3 is 0 Å². The van der Waals surface area contributed by atoms with E-state index in [-0.39, 0.29) is 5.78 Å². The molecule has 8 nitrogen and oxygen atoms in total. The zero-order chi connectivity index (χ0) is 72.3. The molecule has 4 aromatic carbocycles. The monoisotopic (exact) mass is 1390 g/mol. The van der Waals surface area contributed by atoms with Gasteiger partial charge < -0.3 is 25.1 Å². The first-order valence-corrected chi connectivity index (χ1v) is 42.4. The Bertz CT molecular complexity index is 2450. The summed E-state index contributed by atoms with van der Waals surface area (Å²) in [5, 5.41) is 14.7. The molecule has 0 spiro atoms. The van der Waals surface area contributed by atoms with Crippen LogP contribution in [0.4, 0.5) is 0 Å². The molecule has 0 aliphatic carbocycles. The Hall–Kier alpha value is -4.57. The van der Waals surface area contributed by atoms with Crippen LogP contribution in [0.1, 0.15) is 307 Å². The van der Waals surface area contributed by atoms with Crippen LogP contribution in [0.5, 0.6) is 0 Å². The van der Waals surface area contributed by atoms with Crippen molar-refractivity contribution in [2.45, 2.75) is 316 Å². The molecule has 4 aliphatic heterocycles. The summed E-state index contributed by atoms with van der Waals surface area (Å²) in [4.78, 5) is 42.0. The third kappa shape index (κ3) is 46.1. The SMILES string of the molecule is C=CC(=O)CCCCC.CCCCCC(=O)CCN1CCC(CCCc2ccccc2)CC1.CCCCCC(=O)CCN1CCC(CCCc2ccccc2)CC1.CCCCCC(O)(CCCCC)CCN1CCC(CCCc2ccccc2)CC1.c1ccc(CCCC2CCNCC2)cc1. The minimum atomic E-state index is -0.420. The van der Waals surface area contributed by atoms with Crippen molar-refractivity contribution in [3.63, 3.8) is 0 Å². The number of benzene rings is 4. The highest BCUT2D eigenvalue weighted by Gasteiger charge is 2.28. The molecule has 568 valence electrons. The van der Waals surface area contributed by atoms with Crippen molar-refractivity contribution in [2.75, 3.05) is 72.0 Å². The molecule has 4 aliphatic rings. The van der Waals surface area contributed by atoms with Gasteiger partial charge in [0.15, 0.2) is 5.78 Å². The van der Waals surface area contributed by atoms with Crippen molar-refractivity contribution >= 4 is 17.3 Å². The fraction of sp³-hybridized carbons (Fsp3) is 0.688. The lowest BCUT2D eigenvalue weighted by molar-refractivity contribution is -0.120. The van der Waals surface area contributed by atoms with E-state index in [9.17, 15) is 19.5 Å². The highest BCUT2D eigenvalue weighted by Crippen LogP contribution is 2.30. The number of hydrogen-bond acceptors (Lipinski definition) is 8. The van der Waals surface area contributed by atoms with Gasteiger partial charge in [0.1, 0.15) is 11.6 Å². The number of allylic oxidation sites excluding steroid dienone is 1. The van der Waals surface area contributed by atoms with Gasteiger partial charge in [0.25, 0.3) is 0 Å². The molecule has 4 fully saturated rings. The lowest BCUT2D eigenvalue weighted by Gasteiger charge is -2.35. The molecule has 4 heterocycles. The minimum Gasteiger partial charge on any atom is -0.390 e. The number of piperidine rings is 4. The number of nitrogens with one attached hydrogen (secondary N) is 1. The van der Waals surface area contributed by atoms with Gasteiger partial charge in [-0.3, -0.25) is 14.4 Å². The number of ketones is 3. The Labute approximate surface area is 621 Å². The predicted molar refractivity (Wildman–Crippen MR) is 435 cm³/mol. The maximum Gasteiger partial charge on any atom is 0.155 e. The minimum absolute atomic E-state index is 0.170. The lowest BCUT2D eigenvalue weighted by Crippen LogP contribution is -2.39. The number of carbonyl (C=O) groups is 3. The number of nitrogens with zero attached hydrogens (tertiary/aromatic N) is 3. The summed E-state index contributed by atoms with van der Waals surface area (Å²) in [6, 6.07) is 43.4. The van der Waals surface area contributed by atoms with Gasteiger partial charge in [-0.05, 0) is 246 Å². The van der Waals surface area contributed by atoms with Crippen LogP contribution in [-0.4, -0.2) is 115 Å². The Morgan fingerprint density at radius 1 is 0.376 bits per heavy atom. The molecule has 101 heavy (non-hydrogen) atoms. The van der Waals surface area contributed by atoms with Crippen LogP contribution >= 0.6 is 0 Å². The van der Waals surface area contributed by atoms with E-state index < -0.39 is 5.60 Å². The molecular formula is C93H152N4O4. The average molecular weight is 1390 g/mol. The lowest BCUT2D eigenvalue weighted by atomic mass is 9.86. The van der Waals surface area contributed by atoms with E-state index in [4.69, 9.17) is 0 Å². The number of aryl methyl sites for hydroxylation is 4. The highest BCUT2D eigenvalue weighted by atomic mass is 16.3. The summed E-state index contributed by atoms with van der Waals surface area (Å²) in [5.41, 5.74) is 5.49. The summed E-state index contributed by atoms with van der Waals surface area (Å²) in [6.07, 6.45) is 52.3. The Morgan fingerprint density at radius 2 is 0.663 bits per heavy atom. The second-order valence-electron chi connectivity index (χ2n) is 31.1. The molecule has 0 saturated carbocycles. The normalized spacial score (nSPS) is 15.9. The van der Waals surface area contributed by atoms with Gasteiger partial charge in [-0.2, -0.15) is 0 Å². The summed E-state index contributed by atoms with van der Waals surface area (Å²) < 4.78 is 0. The van der Waals surface area contributed by atoms with Crippen LogP contribution in [0.3, 0.4) is 0 Å². The molecule has 0 unspecified atom stereocenters. The van der Waals surface area contributed by atoms with Crippen LogP contribution in [0.2, 0.25) is 0 Å². The molecule has 0 radical (unpaired) electrons. The van der Waals surface area contributed by atoms with Crippen LogP contribution in [0.25, 0.3) is 0 Å². The maximum atomic E-state index is 11.9. The molecule has 2 N–H and O–H groups in total. The largest absolute Gasteiger partial charge is 0.390 e. The Kier molecular flexibility index (Phi) is 52.5. The number of carbonyl (C=O) groups excluding carboxylic acids is 3. The second-order valence-corrected chi connectivity index (χ2v) is 31.1. The fourth-order valence-electron chi connectivity index (χ4n) is 15.4. The van der Waals surface area contributed by atoms with Gasteiger partial charge in [0.2, 0.25) is 0 Å². The van der Waals surface area contributed by atoms with Crippen molar-refractivity contribution in [1.29, 1.82) is 0 Å². The number of Topliss-reactive ketones (excluding diaryl/α,β-unsaturated/α-hetero) is 2. The molecule has 0 atom stereocenters. The Morgan fingerprint density at radius 3 is 0.970 bits per heavy atom. The highest BCUT2D eigenvalue weighted by molar-refractivity contribution is 5.88. The number of rotatable bonds is 46. The van der Waals surface area contributed by atoms with Crippen molar-refractivity contribution in [3.8, 4) is 0 Å². The van der Waals surface area contributed by atoms with Crippen molar-refractivity contribution < 1.29 is 19.5 Å². The number of unbranched alkanes of at least 4 members (excludes halogenated alkanes) is 10. The van der Waals surface area contributed by atoms with Gasteiger partial charge in [-0.15, -0.1) is 0 Å². The average Bonchev–Trinajstić information content (AvgIpc) is 1.33. The number of aliphatic hydroxyl groups is 1. The van der Waals surface area contributed by atoms with E-state index in [2.05, 4.69) is 183 Å². The fourth-order valence-corrected chi connectivity index (χ4v) is 15.4. The molecule has 0 amide bonds. The molecule has 8 heteroatoms. The van der Waals surface area contributed by atoms with Gasteiger partial charge in [-0.25, -0.2) is 0 Å². The van der Waals surface area contributed by atoms with Gasteiger partial charge in [0, 0.05) is 51.7 Å². The first-order chi connectivity index (χ1) is 49.5. The van der Waals surface area contributed by atoms with Crippen molar-refractivity contribution in [1.82, 2.24) is 20.0 Å². The first-order valence-electron chi connectivity index (χ1n) is 42.4. The summed E-state index contributed by atoms with van der Waals surface area (Å²) in [7, 11) is 0. The summed E-state index contributed by atoms with van der Waals surface area (Å²) in [5.74, 6) is 4.78. The summed E-state index contributed by atoms with van der Waals surface area (Å²) >= 11 is 0. The van der Waals surface area contributed by atoms with Gasteiger partial charge in [-0.1, -0.05) is 265 Å². The van der Waals surface area contributed by atoms with E-state index in [1.165, 1.54) is 280 Å². The number of hydrogen-bond donors (Lipinski definition) is 2. The second kappa shape index (κ2) is 59.7. The van der Waals surface area contributed by atoms with E-state index >= 15 is 0 Å². The molecule has 4 aromatic rings. The summed E-state index contributed by atoms with van der Waals surface area (Å²) in [6.45, 7) is 27.2. The zero-order valence-electron chi connectivity index (χ0n) is 65.8. The third-order valence-electron chi connectivity index (χ3n) is 22.4. The molecule has 8 rings (SSSR count). The Balaban J connectivity index is 0.000000279. The van der Waals surface area contributed by atoms with Crippen LogP contribution in [0, 0.1) is 23.7 Å². The standard InChI is InChI=1S/C27H47NO.2C22H35NO.C14H21N.C8H14O/c1-3-5-10-19-27(29,20-11-6-4-2)21-24-28-22-17-26(18-23-28)16-12-15-25-13-8-7-9-14-25;2*1-2-3-5-13-22(24)16-19-23-17-14-21(15-18-23)12-8-11-20-9-6-4-7-10-20;1-2-5-13(6-3-1)7-4-8-14-9-11-15-12-10-14;1-3-5-6-7-8(9)4-2/h7-9,13-14,26,29H,3-6,10-12,15-24H2,1-2H3;2*4,6-7,9-10,21H,2-3,5,8,11-19H2,1H3;1-3,5-6,14-15H,4,7-12H2;4H,2-3,5-7H2,1H3. The molecule has 4 saturated heterocycles. The topological polar surface area (TPSA) is 93.2 Å². The van der Waals surface area contributed by atoms with Crippen molar-refractivity contribution in [3.05, 3.63) is 156 Å². The van der Waals surface area contributed by atoms with Crippen LogP contribution in [-0.2, 0) is 40.1 Å². The maximum absolute atomic E-state index is 11.9. The van der Waals surface area contributed by atoms with Gasteiger partial charge in [0.05, 0.1) is 5.60 Å². The zero-order valence-corrected chi connectivity index (χ0v) is 65.8. The van der Waals surface area contributed by atoms with E-state index in [0.717, 1.165) is 114 Å². The van der Waals surface area contributed by atoms with E-state index in [1.54, 1.807) is 0 Å². The van der Waals surface area contributed by atoms with E-state index in [0.29, 0.717) is 18.0 Å². The van der Waals surface area contributed by atoms with E-state index in [1.807, 2.05) is 0 Å². The quantitative estimate of drug-likeness (QED) is 0.0334. The van der Waals surface area contributed by atoms with Crippen LogP contribution < -0.4 is 5.32 Å². The third-order valence-corrected chi connectivity index (χ3v) is 22.4. The number of likely N-dealkylation sites (tertiary alicyclic amines) is 3. The van der Waals surface area contributed by atoms with Crippen molar-refractivity contribution in [2.24, 2.45) is 23.7 Å². The molecule has 0 aromatic heterocycles.